The highest BCUT2D eigenvalue weighted by molar-refractivity contribution is 5.36. The standard InChI is InChI=1S/C18H34N4O2/c1-3-4-5-6-7-8-9-10-11-12-13-14-20-16-15-17(24-2)21-18(19)22(16)23/h15,20H,3-14H2,1-2H3,(H2,19,21). The summed E-state index contributed by atoms with van der Waals surface area (Å²) in [6, 6.07) is 1.57. The number of nitrogens with two attached hydrogens (primary N) is 1. The molecule has 3 N–H and O–H groups in total. The van der Waals surface area contributed by atoms with Crippen LogP contribution in [0.15, 0.2) is 6.07 Å². The lowest BCUT2D eigenvalue weighted by Crippen LogP contribution is -2.35. The minimum Gasteiger partial charge on any atom is -0.754 e. The molecule has 6 heteroatoms. The molecule has 1 heterocycles. The molecule has 1 aromatic rings. The van der Waals surface area contributed by atoms with E-state index in [0.717, 1.165) is 13.0 Å². The molecule has 0 amide bonds. The van der Waals surface area contributed by atoms with Crippen LogP contribution in [0, 0.1) is 5.21 Å². The Labute approximate surface area is 146 Å². The smallest absolute Gasteiger partial charge is 0.347 e. The predicted octanol–water partition coefficient (Wildman–Crippen LogP) is 4.03. The van der Waals surface area contributed by atoms with Gasteiger partial charge in [0.05, 0.1) is 13.2 Å². The number of rotatable bonds is 14. The maximum absolute atomic E-state index is 11.8. The predicted molar refractivity (Wildman–Crippen MR) is 99.1 cm³/mol. The Morgan fingerprint density at radius 3 is 2.12 bits per heavy atom. The topological polar surface area (TPSA) is 87.1 Å². The Kier molecular flexibility index (Phi) is 10.7. The third-order valence-corrected chi connectivity index (χ3v) is 4.21. The zero-order valence-corrected chi connectivity index (χ0v) is 15.4. The van der Waals surface area contributed by atoms with Crippen molar-refractivity contribution in [1.82, 2.24) is 4.98 Å². The summed E-state index contributed by atoms with van der Waals surface area (Å²) in [4.78, 5) is 3.83. The fraction of sp³-hybridized carbons (Fsp3) is 0.778. The van der Waals surface area contributed by atoms with Crippen LogP contribution in [0.1, 0.15) is 77.6 Å². The van der Waals surface area contributed by atoms with Gasteiger partial charge < -0.3 is 21.0 Å². The Bertz CT molecular complexity index is 455. The molecule has 0 fully saturated rings. The second kappa shape index (κ2) is 12.7. The molecular weight excluding hydrogens is 304 g/mol. The van der Waals surface area contributed by atoms with Crippen LogP contribution in [0.4, 0.5) is 11.8 Å². The Balaban J connectivity index is 2.04. The molecule has 0 radical (unpaired) electrons. The number of nitrogen functional groups attached to an aromatic ring is 1. The van der Waals surface area contributed by atoms with Crippen LogP contribution in [-0.4, -0.2) is 18.6 Å². The van der Waals surface area contributed by atoms with Gasteiger partial charge in [-0.25, -0.2) is 4.73 Å². The average Bonchev–Trinajstić information content (AvgIpc) is 2.59. The van der Waals surface area contributed by atoms with Crippen molar-refractivity contribution in [2.75, 3.05) is 24.7 Å². The number of hydrogen-bond acceptors (Lipinski definition) is 5. The van der Waals surface area contributed by atoms with Crippen molar-refractivity contribution in [2.24, 2.45) is 0 Å². The van der Waals surface area contributed by atoms with Crippen molar-refractivity contribution in [3.05, 3.63) is 11.3 Å². The number of ether oxygens (including phenoxy) is 1. The quantitative estimate of drug-likeness (QED) is 0.304. The van der Waals surface area contributed by atoms with E-state index >= 15 is 0 Å². The van der Waals surface area contributed by atoms with E-state index in [1.807, 2.05) is 0 Å². The third-order valence-electron chi connectivity index (χ3n) is 4.21. The van der Waals surface area contributed by atoms with Crippen LogP contribution < -0.4 is 20.5 Å². The van der Waals surface area contributed by atoms with Crippen LogP contribution in [0.25, 0.3) is 0 Å². The number of nitrogens with one attached hydrogen (secondary N) is 1. The molecule has 0 atom stereocenters. The minimum absolute atomic E-state index is 0.101. The fourth-order valence-electron chi connectivity index (χ4n) is 2.72. The van der Waals surface area contributed by atoms with Crippen LogP contribution in [0.2, 0.25) is 0 Å². The molecule has 1 aromatic heterocycles. The minimum atomic E-state index is -0.101. The van der Waals surface area contributed by atoms with Crippen LogP contribution in [0.3, 0.4) is 0 Å². The second-order valence-corrected chi connectivity index (χ2v) is 6.30. The SMILES string of the molecule is CCCCCCCCCCCCCNc1cc(OC)nc(N)[n+]1[O-]. The first kappa shape index (κ1) is 20.3. The van der Waals surface area contributed by atoms with E-state index in [2.05, 4.69) is 17.2 Å². The molecule has 0 bridgehead atoms. The van der Waals surface area contributed by atoms with Gasteiger partial charge >= 0.3 is 5.95 Å². The van der Waals surface area contributed by atoms with Crippen LogP contribution in [0.5, 0.6) is 5.88 Å². The monoisotopic (exact) mass is 338 g/mol. The van der Waals surface area contributed by atoms with Crippen molar-refractivity contribution < 1.29 is 9.47 Å². The number of hydrogen-bond donors (Lipinski definition) is 2. The van der Waals surface area contributed by atoms with Crippen molar-refractivity contribution in [1.29, 1.82) is 0 Å². The van der Waals surface area contributed by atoms with E-state index in [9.17, 15) is 5.21 Å². The van der Waals surface area contributed by atoms with Gasteiger partial charge in [0.1, 0.15) is 0 Å². The highest BCUT2D eigenvalue weighted by Gasteiger charge is 2.10. The summed E-state index contributed by atoms with van der Waals surface area (Å²) in [7, 11) is 1.50. The van der Waals surface area contributed by atoms with E-state index in [4.69, 9.17) is 10.5 Å². The molecule has 6 nitrogen and oxygen atoms in total. The van der Waals surface area contributed by atoms with E-state index < -0.39 is 0 Å². The van der Waals surface area contributed by atoms with Gasteiger partial charge in [-0.15, -0.1) is 0 Å². The molecule has 24 heavy (non-hydrogen) atoms. The summed E-state index contributed by atoms with van der Waals surface area (Å²) < 4.78 is 5.62. The second-order valence-electron chi connectivity index (χ2n) is 6.30. The molecule has 138 valence electrons. The number of unbranched alkanes of at least 4 members (excludes halogenated alkanes) is 10. The molecule has 0 aromatic carbocycles. The van der Waals surface area contributed by atoms with E-state index in [0.29, 0.717) is 16.4 Å². The Morgan fingerprint density at radius 2 is 1.58 bits per heavy atom. The van der Waals surface area contributed by atoms with Gasteiger partial charge in [-0.3, -0.25) is 0 Å². The Morgan fingerprint density at radius 1 is 1.04 bits per heavy atom. The largest absolute Gasteiger partial charge is 0.754 e. The fourth-order valence-corrected chi connectivity index (χ4v) is 2.72. The molecule has 0 spiro atoms. The molecule has 0 saturated heterocycles. The molecule has 0 unspecified atom stereocenters. The number of nitrogens with zero attached hydrogens (tertiary/aromatic N) is 2. The molecule has 0 aliphatic carbocycles. The summed E-state index contributed by atoms with van der Waals surface area (Å²) in [6.07, 6.45) is 14.4. The van der Waals surface area contributed by atoms with Gasteiger partial charge in [0.15, 0.2) is 0 Å². The van der Waals surface area contributed by atoms with Gasteiger partial charge in [-0.2, -0.15) is 0 Å². The van der Waals surface area contributed by atoms with Gasteiger partial charge in [0.25, 0.3) is 5.88 Å². The van der Waals surface area contributed by atoms with Crippen LogP contribution in [-0.2, 0) is 0 Å². The normalized spacial score (nSPS) is 10.8. The molecule has 1 rings (SSSR count). The summed E-state index contributed by atoms with van der Waals surface area (Å²) in [5.74, 6) is 0.642. The first-order valence-corrected chi connectivity index (χ1v) is 9.37. The number of methoxy groups -OCH3 is 1. The summed E-state index contributed by atoms with van der Waals surface area (Å²) in [5.41, 5.74) is 5.55. The molecule has 0 saturated carbocycles. The zero-order chi connectivity index (χ0) is 17.6. The summed E-state index contributed by atoms with van der Waals surface area (Å²) >= 11 is 0. The first-order chi connectivity index (χ1) is 11.7. The first-order valence-electron chi connectivity index (χ1n) is 9.37. The highest BCUT2D eigenvalue weighted by atomic mass is 16.5. The zero-order valence-electron chi connectivity index (χ0n) is 15.4. The van der Waals surface area contributed by atoms with Crippen LogP contribution >= 0.6 is 0 Å². The van der Waals surface area contributed by atoms with E-state index in [1.165, 1.54) is 71.3 Å². The number of anilines is 2. The highest BCUT2D eigenvalue weighted by Crippen LogP contribution is 2.13. The maximum Gasteiger partial charge on any atom is 0.347 e. The van der Waals surface area contributed by atoms with Gasteiger partial charge in [-0.05, 0) is 6.42 Å². The van der Waals surface area contributed by atoms with Gasteiger partial charge in [0.2, 0.25) is 5.82 Å². The lowest BCUT2D eigenvalue weighted by molar-refractivity contribution is -0.577. The summed E-state index contributed by atoms with van der Waals surface area (Å²) in [6.45, 7) is 3.01. The average molecular weight is 338 g/mol. The number of aromatic nitrogens is 2. The molecule has 0 aliphatic heterocycles. The van der Waals surface area contributed by atoms with Gasteiger partial charge in [0, 0.05) is 6.54 Å². The Hall–Kier alpha value is -1.72. The van der Waals surface area contributed by atoms with E-state index in [-0.39, 0.29) is 5.95 Å². The van der Waals surface area contributed by atoms with Gasteiger partial charge in [-0.1, -0.05) is 76.1 Å². The molecule has 0 aliphatic rings. The van der Waals surface area contributed by atoms with E-state index in [1.54, 1.807) is 6.07 Å². The van der Waals surface area contributed by atoms with Crippen molar-refractivity contribution in [3.63, 3.8) is 0 Å². The molecular formula is C18H34N4O2. The van der Waals surface area contributed by atoms with Crippen molar-refractivity contribution in [3.8, 4) is 5.88 Å². The lowest BCUT2D eigenvalue weighted by atomic mass is 10.1. The van der Waals surface area contributed by atoms with Crippen molar-refractivity contribution >= 4 is 11.8 Å². The summed E-state index contributed by atoms with van der Waals surface area (Å²) in [5, 5.41) is 14.9. The lowest BCUT2D eigenvalue weighted by Gasteiger charge is -2.13. The third kappa shape index (κ3) is 8.22. The van der Waals surface area contributed by atoms with Crippen molar-refractivity contribution in [2.45, 2.75) is 77.6 Å². The maximum atomic E-state index is 11.8.